The Morgan fingerprint density at radius 1 is 1.11 bits per heavy atom. The molecule has 3 aromatic rings. The second-order valence-corrected chi connectivity index (χ2v) is 4.95. The van der Waals surface area contributed by atoms with E-state index in [0.717, 1.165) is 10.2 Å². The molecule has 0 saturated carbocycles. The first-order valence-electron chi connectivity index (χ1n) is 5.65. The van der Waals surface area contributed by atoms with Gasteiger partial charge in [-0.1, -0.05) is 24.3 Å². The van der Waals surface area contributed by atoms with Crippen LogP contribution in [0.3, 0.4) is 0 Å². The number of rotatable bonds is 2. The molecule has 3 nitrogen and oxygen atoms in total. The van der Waals surface area contributed by atoms with Crippen LogP contribution in [0.25, 0.3) is 10.2 Å². The van der Waals surface area contributed by atoms with Gasteiger partial charge in [-0.2, -0.15) is 0 Å². The van der Waals surface area contributed by atoms with Crippen molar-refractivity contribution in [1.82, 2.24) is 4.98 Å². The van der Waals surface area contributed by atoms with E-state index in [9.17, 15) is 9.18 Å². The summed E-state index contributed by atoms with van der Waals surface area (Å²) in [5, 5.41) is 2.84. The average Bonchev–Trinajstić information content (AvgIpc) is 2.85. The third kappa shape index (κ3) is 2.32. The van der Waals surface area contributed by atoms with Gasteiger partial charge < -0.3 is 5.32 Å². The molecule has 0 bridgehead atoms. The zero-order valence-electron chi connectivity index (χ0n) is 9.76. The zero-order valence-corrected chi connectivity index (χ0v) is 10.6. The van der Waals surface area contributed by atoms with Crippen LogP contribution < -0.4 is 5.32 Å². The first-order chi connectivity index (χ1) is 9.24. The molecular weight excluding hydrogens is 263 g/mol. The molecule has 0 aliphatic heterocycles. The first kappa shape index (κ1) is 11.8. The summed E-state index contributed by atoms with van der Waals surface area (Å²) in [7, 11) is 0. The van der Waals surface area contributed by atoms with Gasteiger partial charge in [-0.25, -0.2) is 9.37 Å². The molecule has 94 valence electrons. The lowest BCUT2D eigenvalue weighted by Gasteiger charge is -2.03. The fraction of sp³-hybridized carbons (Fsp3) is 0. The molecule has 2 aromatic carbocycles. The number of aromatic nitrogens is 1. The summed E-state index contributed by atoms with van der Waals surface area (Å²) in [5.41, 5.74) is 0.929. The highest BCUT2D eigenvalue weighted by Gasteiger charge is 2.13. The van der Waals surface area contributed by atoms with Crippen molar-refractivity contribution in [3.05, 3.63) is 59.4 Å². The number of hydrogen-bond acceptors (Lipinski definition) is 3. The second kappa shape index (κ2) is 4.78. The highest BCUT2D eigenvalue weighted by atomic mass is 32.1. The number of thiazole rings is 1. The third-order valence-electron chi connectivity index (χ3n) is 2.61. The average molecular weight is 272 g/mol. The number of nitrogens with one attached hydrogen (secondary N) is 1. The van der Waals surface area contributed by atoms with Gasteiger partial charge in [0.2, 0.25) is 0 Å². The van der Waals surface area contributed by atoms with Crippen LogP contribution in [-0.2, 0) is 0 Å². The summed E-state index contributed by atoms with van der Waals surface area (Å²) in [6.45, 7) is 0. The van der Waals surface area contributed by atoms with E-state index in [1.807, 2.05) is 24.3 Å². The number of nitrogens with zero attached hydrogens (tertiary/aromatic N) is 1. The van der Waals surface area contributed by atoms with Crippen LogP contribution in [0, 0.1) is 5.82 Å². The highest BCUT2D eigenvalue weighted by Crippen LogP contribution is 2.22. The van der Waals surface area contributed by atoms with E-state index in [4.69, 9.17) is 0 Å². The van der Waals surface area contributed by atoms with Crippen LogP contribution >= 0.6 is 11.3 Å². The standard InChI is InChI=1S/C14H9FN2OS/c15-9-5-1-2-6-10(9)16-13(18)14-17-11-7-3-4-8-12(11)19-14/h1-8H,(H,16,18). The minimum atomic E-state index is -0.461. The van der Waals surface area contributed by atoms with Gasteiger partial charge in [0.05, 0.1) is 15.9 Å². The Morgan fingerprint density at radius 3 is 2.63 bits per heavy atom. The van der Waals surface area contributed by atoms with E-state index in [2.05, 4.69) is 10.3 Å². The van der Waals surface area contributed by atoms with E-state index in [-0.39, 0.29) is 5.69 Å². The normalized spacial score (nSPS) is 10.6. The van der Waals surface area contributed by atoms with E-state index < -0.39 is 11.7 Å². The Kier molecular flexibility index (Phi) is 2.97. The van der Waals surface area contributed by atoms with Crippen LogP contribution in [0.4, 0.5) is 10.1 Å². The molecule has 0 saturated heterocycles. The van der Waals surface area contributed by atoms with Crippen LogP contribution in [0.2, 0.25) is 0 Å². The Morgan fingerprint density at radius 2 is 1.84 bits per heavy atom. The molecule has 0 atom stereocenters. The molecule has 0 unspecified atom stereocenters. The van der Waals surface area contributed by atoms with Gasteiger partial charge in [0, 0.05) is 0 Å². The van der Waals surface area contributed by atoms with Crippen LogP contribution in [0.15, 0.2) is 48.5 Å². The van der Waals surface area contributed by atoms with Crippen molar-refractivity contribution in [3.8, 4) is 0 Å². The third-order valence-corrected chi connectivity index (χ3v) is 3.65. The van der Waals surface area contributed by atoms with E-state index in [1.165, 1.54) is 23.5 Å². The maximum Gasteiger partial charge on any atom is 0.284 e. The number of carbonyl (C=O) groups excluding carboxylic acids is 1. The Balaban J connectivity index is 1.90. The summed E-state index contributed by atoms with van der Waals surface area (Å²) >= 11 is 1.28. The summed E-state index contributed by atoms with van der Waals surface area (Å²) in [5.74, 6) is -0.858. The van der Waals surface area contributed by atoms with Crippen LogP contribution in [0.5, 0.6) is 0 Å². The molecular formula is C14H9FN2OS. The van der Waals surface area contributed by atoms with Gasteiger partial charge >= 0.3 is 0 Å². The number of anilines is 1. The molecule has 1 heterocycles. The molecule has 0 radical (unpaired) electrons. The summed E-state index contributed by atoms with van der Waals surface area (Å²) in [6.07, 6.45) is 0. The lowest BCUT2D eigenvalue weighted by atomic mass is 10.3. The van der Waals surface area contributed by atoms with E-state index >= 15 is 0 Å². The largest absolute Gasteiger partial charge is 0.317 e. The first-order valence-corrected chi connectivity index (χ1v) is 6.47. The number of para-hydroxylation sites is 2. The minimum Gasteiger partial charge on any atom is -0.317 e. The quantitative estimate of drug-likeness (QED) is 0.773. The maximum absolute atomic E-state index is 13.4. The molecule has 1 aromatic heterocycles. The molecule has 0 fully saturated rings. The van der Waals surface area contributed by atoms with Crippen molar-refractivity contribution in [3.63, 3.8) is 0 Å². The monoisotopic (exact) mass is 272 g/mol. The van der Waals surface area contributed by atoms with Crippen molar-refractivity contribution in [1.29, 1.82) is 0 Å². The fourth-order valence-electron chi connectivity index (χ4n) is 1.71. The molecule has 0 spiro atoms. The number of carbonyl (C=O) groups is 1. The van der Waals surface area contributed by atoms with E-state index in [1.54, 1.807) is 12.1 Å². The summed E-state index contributed by atoms with van der Waals surface area (Å²) in [4.78, 5) is 16.2. The SMILES string of the molecule is O=C(Nc1ccccc1F)c1nc2ccccc2s1. The molecule has 3 rings (SSSR count). The molecule has 1 amide bonds. The number of hydrogen-bond donors (Lipinski definition) is 1. The smallest absolute Gasteiger partial charge is 0.284 e. The molecule has 19 heavy (non-hydrogen) atoms. The molecule has 0 aliphatic rings. The van der Waals surface area contributed by atoms with Crippen molar-refractivity contribution in [2.75, 3.05) is 5.32 Å². The maximum atomic E-state index is 13.4. The van der Waals surface area contributed by atoms with Crippen molar-refractivity contribution >= 4 is 33.1 Å². The van der Waals surface area contributed by atoms with Gasteiger partial charge in [0.1, 0.15) is 5.82 Å². The Hall–Kier alpha value is -2.27. The molecule has 0 aliphatic carbocycles. The van der Waals surface area contributed by atoms with Crippen molar-refractivity contribution in [2.24, 2.45) is 0 Å². The Bertz CT molecular complexity index is 721. The predicted molar refractivity (Wildman–Crippen MR) is 74.0 cm³/mol. The Labute approximate surface area is 112 Å². The number of amides is 1. The topological polar surface area (TPSA) is 42.0 Å². The summed E-state index contributed by atoms with van der Waals surface area (Å²) < 4.78 is 14.4. The van der Waals surface area contributed by atoms with Crippen molar-refractivity contribution < 1.29 is 9.18 Å². The molecule has 1 N–H and O–H groups in total. The second-order valence-electron chi connectivity index (χ2n) is 3.92. The van der Waals surface area contributed by atoms with Gasteiger partial charge in [0.25, 0.3) is 5.91 Å². The summed E-state index contributed by atoms with van der Waals surface area (Å²) in [6, 6.07) is 13.5. The van der Waals surface area contributed by atoms with Gasteiger partial charge in [0.15, 0.2) is 5.01 Å². The highest BCUT2D eigenvalue weighted by molar-refractivity contribution is 7.20. The molecule has 5 heteroatoms. The van der Waals surface area contributed by atoms with Gasteiger partial charge in [-0.05, 0) is 24.3 Å². The number of halogens is 1. The number of fused-ring (bicyclic) bond motifs is 1. The number of benzene rings is 2. The van der Waals surface area contributed by atoms with Crippen LogP contribution in [-0.4, -0.2) is 10.9 Å². The van der Waals surface area contributed by atoms with Crippen LogP contribution in [0.1, 0.15) is 9.80 Å². The lowest BCUT2D eigenvalue weighted by molar-refractivity contribution is 0.102. The van der Waals surface area contributed by atoms with E-state index in [0.29, 0.717) is 5.01 Å². The minimum absolute atomic E-state index is 0.159. The zero-order chi connectivity index (χ0) is 13.2. The fourth-order valence-corrected chi connectivity index (χ4v) is 2.57. The lowest BCUT2D eigenvalue weighted by Crippen LogP contribution is -2.12. The van der Waals surface area contributed by atoms with Crippen molar-refractivity contribution in [2.45, 2.75) is 0 Å². The van der Waals surface area contributed by atoms with Gasteiger partial charge in [-0.3, -0.25) is 4.79 Å². The predicted octanol–water partition coefficient (Wildman–Crippen LogP) is 3.69. The van der Waals surface area contributed by atoms with Gasteiger partial charge in [-0.15, -0.1) is 11.3 Å².